The summed E-state index contributed by atoms with van der Waals surface area (Å²) >= 11 is 5.80. The highest BCUT2D eigenvalue weighted by Crippen LogP contribution is 2.33. The Balaban J connectivity index is 1.88. The molecule has 6 heteroatoms. The number of piperidine rings is 1. The zero-order valence-corrected chi connectivity index (χ0v) is 13.2. The van der Waals surface area contributed by atoms with Gasteiger partial charge in [0, 0.05) is 11.8 Å². The lowest BCUT2D eigenvalue weighted by Crippen LogP contribution is -2.27. The Labute approximate surface area is 139 Å². The quantitative estimate of drug-likeness (QED) is 0.844. The summed E-state index contributed by atoms with van der Waals surface area (Å²) in [4.78, 5) is 16.2. The van der Waals surface area contributed by atoms with Gasteiger partial charge < -0.3 is 10.6 Å². The molecule has 0 bridgehead atoms. The van der Waals surface area contributed by atoms with Crippen molar-refractivity contribution in [3.63, 3.8) is 0 Å². The van der Waals surface area contributed by atoms with Crippen LogP contribution in [0.15, 0.2) is 36.5 Å². The average molecular weight is 334 g/mol. The minimum Gasteiger partial charge on any atom is -0.319 e. The van der Waals surface area contributed by atoms with Gasteiger partial charge in [-0.3, -0.25) is 4.79 Å². The van der Waals surface area contributed by atoms with Gasteiger partial charge in [-0.05, 0) is 55.6 Å². The molecule has 1 aromatic heterocycles. The Kier molecular flexibility index (Phi) is 4.88. The minimum absolute atomic E-state index is 0.227. The summed E-state index contributed by atoms with van der Waals surface area (Å²) in [6, 6.07) is 7.94. The topological polar surface area (TPSA) is 54.0 Å². The number of rotatable bonds is 3. The number of nitrogens with zero attached hydrogens (tertiary/aromatic N) is 1. The van der Waals surface area contributed by atoms with Crippen LogP contribution in [0.5, 0.6) is 0 Å². The number of hydrogen-bond acceptors (Lipinski definition) is 3. The second-order valence-corrected chi connectivity index (χ2v) is 5.94. The molecule has 1 amide bonds. The predicted molar refractivity (Wildman–Crippen MR) is 88.4 cm³/mol. The summed E-state index contributed by atoms with van der Waals surface area (Å²) in [6.07, 6.45) is 3.30. The van der Waals surface area contributed by atoms with Crippen molar-refractivity contribution in [3.8, 4) is 0 Å². The van der Waals surface area contributed by atoms with Crippen LogP contribution in [0.3, 0.4) is 0 Å². The van der Waals surface area contributed by atoms with E-state index in [-0.39, 0.29) is 16.8 Å². The molecular formula is C17H17ClFN3O. The van der Waals surface area contributed by atoms with E-state index in [1.807, 2.05) is 6.07 Å². The first-order chi connectivity index (χ1) is 11.1. The maximum Gasteiger partial charge on any atom is 0.255 e. The molecule has 0 saturated carbocycles. The minimum atomic E-state index is -0.422. The Hall–Kier alpha value is -1.98. The molecule has 3 rings (SSSR count). The molecule has 0 unspecified atom stereocenters. The van der Waals surface area contributed by atoms with Gasteiger partial charge >= 0.3 is 0 Å². The van der Waals surface area contributed by atoms with Crippen LogP contribution in [0.25, 0.3) is 0 Å². The summed E-state index contributed by atoms with van der Waals surface area (Å²) in [6.45, 7) is 1.79. The van der Waals surface area contributed by atoms with Gasteiger partial charge in [0.1, 0.15) is 11.0 Å². The van der Waals surface area contributed by atoms with Crippen LogP contribution in [0, 0.1) is 5.82 Å². The summed E-state index contributed by atoms with van der Waals surface area (Å²) < 4.78 is 14.3. The number of carbonyl (C=O) groups is 1. The first-order valence-electron chi connectivity index (χ1n) is 7.57. The van der Waals surface area contributed by atoms with E-state index < -0.39 is 11.7 Å². The highest BCUT2D eigenvalue weighted by Gasteiger charge is 2.21. The smallest absolute Gasteiger partial charge is 0.255 e. The van der Waals surface area contributed by atoms with Crippen molar-refractivity contribution in [1.29, 1.82) is 0 Å². The zero-order valence-electron chi connectivity index (χ0n) is 12.5. The Bertz CT molecular complexity index is 717. The molecule has 2 N–H and O–H groups in total. The number of para-hydroxylation sites is 1. The van der Waals surface area contributed by atoms with E-state index in [4.69, 9.17) is 11.6 Å². The van der Waals surface area contributed by atoms with Gasteiger partial charge in [-0.15, -0.1) is 0 Å². The molecule has 0 radical (unpaired) electrons. The van der Waals surface area contributed by atoms with Crippen LogP contribution < -0.4 is 10.6 Å². The molecule has 2 aromatic rings. The number of halogens is 2. The second-order valence-electron chi connectivity index (χ2n) is 5.55. The lowest BCUT2D eigenvalue weighted by Gasteiger charge is -2.25. The Morgan fingerprint density at radius 1 is 1.30 bits per heavy atom. The molecule has 1 aromatic carbocycles. The first kappa shape index (κ1) is 15.9. The molecule has 120 valence electrons. The van der Waals surface area contributed by atoms with Crippen LogP contribution >= 0.6 is 11.6 Å². The van der Waals surface area contributed by atoms with Crippen LogP contribution in [-0.4, -0.2) is 24.0 Å². The van der Waals surface area contributed by atoms with Crippen molar-refractivity contribution in [2.45, 2.75) is 18.8 Å². The third-order valence-corrected chi connectivity index (χ3v) is 4.26. The fourth-order valence-electron chi connectivity index (χ4n) is 2.88. The molecule has 2 heterocycles. The maximum absolute atomic E-state index is 14.3. The Morgan fingerprint density at radius 2 is 2.09 bits per heavy atom. The lowest BCUT2D eigenvalue weighted by molar-refractivity contribution is 0.102. The van der Waals surface area contributed by atoms with E-state index in [0.29, 0.717) is 5.56 Å². The molecule has 0 aliphatic carbocycles. The third kappa shape index (κ3) is 3.68. The van der Waals surface area contributed by atoms with Crippen molar-refractivity contribution >= 4 is 23.2 Å². The predicted octanol–water partition coefficient (Wildman–Crippen LogP) is 3.59. The van der Waals surface area contributed by atoms with Gasteiger partial charge in [0.05, 0.1) is 5.69 Å². The SMILES string of the molecule is O=C(Nc1c(F)cccc1C1CCNCC1)c1ccnc(Cl)c1. The van der Waals surface area contributed by atoms with E-state index >= 15 is 0 Å². The molecule has 23 heavy (non-hydrogen) atoms. The number of aromatic nitrogens is 1. The fraction of sp³-hybridized carbons (Fsp3) is 0.294. The summed E-state index contributed by atoms with van der Waals surface area (Å²) in [5.74, 6) is -0.576. The number of pyridine rings is 1. The fourth-order valence-corrected chi connectivity index (χ4v) is 3.05. The third-order valence-electron chi connectivity index (χ3n) is 4.05. The molecular weight excluding hydrogens is 317 g/mol. The molecule has 1 aliphatic rings. The van der Waals surface area contributed by atoms with Crippen LogP contribution in [-0.2, 0) is 0 Å². The first-order valence-corrected chi connectivity index (χ1v) is 7.95. The van der Waals surface area contributed by atoms with Crippen LogP contribution in [0.4, 0.5) is 10.1 Å². The molecule has 1 saturated heterocycles. The standard InChI is InChI=1S/C17H17ClFN3O/c18-15-10-12(6-9-21-15)17(23)22-16-13(2-1-3-14(16)19)11-4-7-20-8-5-11/h1-3,6,9-11,20H,4-5,7-8H2,(H,22,23). The van der Waals surface area contributed by atoms with E-state index in [2.05, 4.69) is 15.6 Å². The van der Waals surface area contributed by atoms with Crippen LogP contribution in [0.1, 0.15) is 34.7 Å². The van der Waals surface area contributed by atoms with Crippen molar-refractivity contribution in [3.05, 3.63) is 58.6 Å². The molecule has 4 nitrogen and oxygen atoms in total. The Morgan fingerprint density at radius 3 is 2.83 bits per heavy atom. The van der Waals surface area contributed by atoms with Gasteiger partial charge in [0.25, 0.3) is 5.91 Å². The molecule has 1 fully saturated rings. The van der Waals surface area contributed by atoms with E-state index in [1.54, 1.807) is 12.1 Å². The second kappa shape index (κ2) is 7.06. The lowest BCUT2D eigenvalue weighted by atomic mass is 9.89. The van der Waals surface area contributed by atoms with Crippen molar-refractivity contribution in [2.24, 2.45) is 0 Å². The number of hydrogen-bond donors (Lipinski definition) is 2. The highest BCUT2D eigenvalue weighted by atomic mass is 35.5. The summed E-state index contributed by atoms with van der Waals surface area (Å²) in [5, 5.41) is 6.21. The summed E-state index contributed by atoms with van der Waals surface area (Å²) in [7, 11) is 0. The maximum atomic E-state index is 14.3. The number of carbonyl (C=O) groups excluding carboxylic acids is 1. The molecule has 0 spiro atoms. The van der Waals surface area contributed by atoms with E-state index in [9.17, 15) is 9.18 Å². The van der Waals surface area contributed by atoms with E-state index in [0.717, 1.165) is 31.5 Å². The van der Waals surface area contributed by atoms with Gasteiger partial charge in [0.15, 0.2) is 0 Å². The van der Waals surface area contributed by atoms with Crippen LogP contribution in [0.2, 0.25) is 5.15 Å². The zero-order chi connectivity index (χ0) is 16.2. The number of anilines is 1. The van der Waals surface area contributed by atoms with Crippen molar-refractivity contribution in [1.82, 2.24) is 10.3 Å². The largest absolute Gasteiger partial charge is 0.319 e. The number of nitrogens with one attached hydrogen (secondary N) is 2. The number of amides is 1. The summed E-state index contributed by atoms with van der Waals surface area (Å²) in [5.41, 5.74) is 1.46. The van der Waals surface area contributed by atoms with Crippen molar-refractivity contribution in [2.75, 3.05) is 18.4 Å². The van der Waals surface area contributed by atoms with Gasteiger partial charge in [-0.1, -0.05) is 23.7 Å². The highest BCUT2D eigenvalue weighted by molar-refractivity contribution is 6.29. The van der Waals surface area contributed by atoms with Gasteiger partial charge in [-0.25, -0.2) is 9.37 Å². The number of benzene rings is 1. The monoisotopic (exact) mass is 333 g/mol. The average Bonchev–Trinajstić information content (AvgIpc) is 2.57. The molecule has 1 aliphatic heterocycles. The molecule has 0 atom stereocenters. The van der Waals surface area contributed by atoms with Gasteiger partial charge in [-0.2, -0.15) is 0 Å². The van der Waals surface area contributed by atoms with Gasteiger partial charge in [0.2, 0.25) is 0 Å². The van der Waals surface area contributed by atoms with Crippen molar-refractivity contribution < 1.29 is 9.18 Å². The normalized spacial score (nSPS) is 15.4. The van der Waals surface area contributed by atoms with E-state index in [1.165, 1.54) is 18.3 Å².